The second kappa shape index (κ2) is 10.1. The Morgan fingerprint density at radius 2 is 1.82 bits per heavy atom. The Kier molecular flexibility index (Phi) is 6.80. The highest BCUT2D eigenvalue weighted by Gasteiger charge is 2.34. The number of carbonyl (C=O) groups is 1. The number of thioether (sulfide) groups is 1. The molecule has 1 saturated heterocycles. The van der Waals surface area contributed by atoms with Crippen molar-refractivity contribution in [3.8, 4) is 17.2 Å². The molecule has 8 nitrogen and oxygen atoms in total. The first kappa shape index (κ1) is 22.2. The van der Waals surface area contributed by atoms with Crippen LogP contribution in [0.4, 0.5) is 0 Å². The second-order valence-corrected chi connectivity index (χ2v) is 7.92. The van der Waals surface area contributed by atoms with E-state index in [9.17, 15) is 9.90 Å². The van der Waals surface area contributed by atoms with E-state index in [0.717, 1.165) is 11.1 Å². The first-order valence-corrected chi connectivity index (χ1v) is 10.7. The van der Waals surface area contributed by atoms with E-state index in [1.54, 1.807) is 81.3 Å². The van der Waals surface area contributed by atoms with Gasteiger partial charge in [0.1, 0.15) is 11.5 Å². The Morgan fingerprint density at radius 3 is 2.52 bits per heavy atom. The molecule has 1 fully saturated rings. The van der Waals surface area contributed by atoms with Crippen LogP contribution in [0.15, 0.2) is 80.4 Å². The average molecular weight is 464 g/mol. The number of amides is 1. The summed E-state index contributed by atoms with van der Waals surface area (Å²) in [4.78, 5) is 15.2. The smallest absolute Gasteiger partial charge is 0.267 e. The molecule has 2 heterocycles. The second-order valence-electron chi connectivity index (χ2n) is 6.91. The lowest BCUT2D eigenvalue weighted by molar-refractivity contribution is -0.122. The molecule has 0 bridgehead atoms. The van der Waals surface area contributed by atoms with E-state index in [1.807, 2.05) is 6.07 Å². The van der Waals surface area contributed by atoms with Crippen molar-refractivity contribution >= 4 is 35.1 Å². The fraction of sp³-hybridized carbons (Fsp3) is 0.125. The number of ether oxygens (including phenoxy) is 2. The molecule has 33 heavy (non-hydrogen) atoms. The van der Waals surface area contributed by atoms with Crippen molar-refractivity contribution in [1.29, 1.82) is 0 Å². The van der Waals surface area contributed by atoms with Gasteiger partial charge in [0.25, 0.3) is 5.91 Å². The lowest BCUT2D eigenvalue weighted by Gasteiger charge is -2.12. The zero-order valence-electron chi connectivity index (χ0n) is 18.0. The van der Waals surface area contributed by atoms with Gasteiger partial charge in [-0.3, -0.25) is 9.69 Å². The summed E-state index contributed by atoms with van der Waals surface area (Å²) < 4.78 is 16.0. The number of rotatable bonds is 7. The van der Waals surface area contributed by atoms with E-state index in [1.165, 1.54) is 16.7 Å². The standard InChI is InChI=1S/C24H21N3O5S/c1-30-20-10-7-17(12-21(20)31-2)13-22-23(29)27(15-19-4-3-11-32-19)24(33-22)26-25-14-16-5-8-18(28)9-6-16/h3-14,28H,15H2,1-2H3/b22-13-,25-14-,26-24+. The highest BCUT2D eigenvalue weighted by molar-refractivity contribution is 8.18. The van der Waals surface area contributed by atoms with E-state index in [2.05, 4.69) is 10.2 Å². The molecular formula is C24H21N3O5S. The van der Waals surface area contributed by atoms with Gasteiger partial charge in [0.05, 0.1) is 38.1 Å². The van der Waals surface area contributed by atoms with Crippen molar-refractivity contribution < 1.29 is 23.8 Å². The Bertz CT molecular complexity index is 1220. The van der Waals surface area contributed by atoms with Crippen molar-refractivity contribution in [1.82, 2.24) is 4.90 Å². The molecule has 2 aromatic carbocycles. The first-order chi connectivity index (χ1) is 16.1. The van der Waals surface area contributed by atoms with Crippen LogP contribution in [-0.2, 0) is 11.3 Å². The molecule has 0 spiro atoms. The van der Waals surface area contributed by atoms with Gasteiger partial charge in [0.15, 0.2) is 16.7 Å². The number of nitrogens with zero attached hydrogens (tertiary/aromatic N) is 3. The molecule has 0 aliphatic carbocycles. The highest BCUT2D eigenvalue weighted by atomic mass is 32.2. The maximum Gasteiger partial charge on any atom is 0.267 e. The number of methoxy groups -OCH3 is 2. The van der Waals surface area contributed by atoms with Gasteiger partial charge in [-0.15, -0.1) is 5.10 Å². The van der Waals surface area contributed by atoms with Gasteiger partial charge in [0.2, 0.25) is 0 Å². The summed E-state index contributed by atoms with van der Waals surface area (Å²) in [6.45, 7) is 0.232. The van der Waals surface area contributed by atoms with Crippen LogP contribution in [0.2, 0.25) is 0 Å². The SMILES string of the molecule is COc1ccc(/C=C2\S/C(=N/N=C\c3ccc(O)cc3)N(Cc3ccco3)C2=O)cc1OC. The summed E-state index contributed by atoms with van der Waals surface area (Å²) in [5.41, 5.74) is 1.56. The first-order valence-electron chi connectivity index (χ1n) is 9.93. The van der Waals surface area contributed by atoms with E-state index < -0.39 is 0 Å². The van der Waals surface area contributed by atoms with E-state index in [0.29, 0.717) is 27.3 Å². The Morgan fingerprint density at radius 1 is 1.06 bits per heavy atom. The van der Waals surface area contributed by atoms with Crippen molar-refractivity contribution in [3.63, 3.8) is 0 Å². The summed E-state index contributed by atoms with van der Waals surface area (Å²) in [7, 11) is 3.13. The number of benzene rings is 2. The average Bonchev–Trinajstić information content (AvgIpc) is 3.44. The lowest BCUT2D eigenvalue weighted by Crippen LogP contribution is -2.28. The number of aromatic hydroxyl groups is 1. The topological polar surface area (TPSA) is 96.9 Å². The van der Waals surface area contributed by atoms with Crippen molar-refractivity contribution in [2.45, 2.75) is 6.54 Å². The third-order valence-corrected chi connectivity index (χ3v) is 5.73. The van der Waals surface area contributed by atoms with Crippen molar-refractivity contribution in [3.05, 3.63) is 82.7 Å². The molecule has 0 saturated carbocycles. The predicted octanol–water partition coefficient (Wildman–Crippen LogP) is 4.51. The molecule has 0 unspecified atom stereocenters. The minimum absolute atomic E-state index is 0.171. The van der Waals surface area contributed by atoms with Gasteiger partial charge in [-0.05, 0) is 77.5 Å². The molecule has 168 valence electrons. The maximum atomic E-state index is 13.2. The highest BCUT2D eigenvalue weighted by Crippen LogP contribution is 2.35. The molecule has 1 amide bonds. The van der Waals surface area contributed by atoms with Crippen LogP contribution >= 0.6 is 11.8 Å². The number of hydrogen-bond acceptors (Lipinski definition) is 8. The van der Waals surface area contributed by atoms with E-state index in [4.69, 9.17) is 13.9 Å². The largest absolute Gasteiger partial charge is 0.508 e. The zero-order chi connectivity index (χ0) is 23.2. The molecule has 1 N–H and O–H groups in total. The Labute approximate surface area is 194 Å². The van der Waals surface area contributed by atoms with Gasteiger partial charge in [-0.25, -0.2) is 0 Å². The fourth-order valence-corrected chi connectivity index (χ4v) is 4.01. The van der Waals surface area contributed by atoms with Crippen LogP contribution < -0.4 is 9.47 Å². The van der Waals surface area contributed by atoms with Gasteiger partial charge in [0, 0.05) is 0 Å². The monoisotopic (exact) mass is 463 g/mol. The molecule has 3 aromatic rings. The van der Waals surface area contributed by atoms with E-state index in [-0.39, 0.29) is 18.2 Å². The molecule has 0 atom stereocenters. The number of phenols is 1. The van der Waals surface area contributed by atoms with Crippen LogP contribution in [0.25, 0.3) is 6.08 Å². The lowest BCUT2D eigenvalue weighted by atomic mass is 10.2. The molecular weight excluding hydrogens is 442 g/mol. The van der Waals surface area contributed by atoms with Crippen molar-refractivity contribution in [2.24, 2.45) is 10.2 Å². The van der Waals surface area contributed by atoms with Gasteiger partial charge in [-0.1, -0.05) is 6.07 Å². The molecule has 0 radical (unpaired) electrons. The number of carbonyl (C=O) groups excluding carboxylic acids is 1. The van der Waals surface area contributed by atoms with Crippen LogP contribution in [0.5, 0.6) is 17.2 Å². The molecule has 1 aliphatic heterocycles. The van der Waals surface area contributed by atoms with Crippen LogP contribution in [-0.4, -0.2) is 41.5 Å². The van der Waals surface area contributed by atoms with E-state index >= 15 is 0 Å². The minimum atomic E-state index is -0.204. The zero-order valence-corrected chi connectivity index (χ0v) is 18.8. The molecule has 9 heteroatoms. The minimum Gasteiger partial charge on any atom is -0.508 e. The van der Waals surface area contributed by atoms with Crippen LogP contribution in [0, 0.1) is 0 Å². The predicted molar refractivity (Wildman–Crippen MR) is 128 cm³/mol. The normalized spacial score (nSPS) is 16.3. The van der Waals surface area contributed by atoms with Gasteiger partial charge >= 0.3 is 0 Å². The summed E-state index contributed by atoms with van der Waals surface area (Å²) in [5, 5.41) is 18.2. The van der Waals surface area contributed by atoms with Crippen LogP contribution in [0.3, 0.4) is 0 Å². The third kappa shape index (κ3) is 5.27. The number of phenolic OH excluding ortho intramolecular Hbond substituents is 1. The third-order valence-electron chi connectivity index (χ3n) is 4.73. The van der Waals surface area contributed by atoms with Crippen LogP contribution in [0.1, 0.15) is 16.9 Å². The molecule has 1 aliphatic rings. The molecule has 4 rings (SSSR count). The van der Waals surface area contributed by atoms with Crippen molar-refractivity contribution in [2.75, 3.05) is 14.2 Å². The summed E-state index contributed by atoms with van der Waals surface area (Å²) in [5.74, 6) is 1.78. The fourth-order valence-electron chi connectivity index (χ4n) is 3.08. The quantitative estimate of drug-likeness (QED) is 0.315. The Hall–Kier alpha value is -3.98. The Balaban J connectivity index is 1.62. The summed E-state index contributed by atoms with van der Waals surface area (Å²) in [6.07, 6.45) is 4.89. The van der Waals surface area contributed by atoms with Gasteiger partial charge in [-0.2, -0.15) is 5.10 Å². The number of hydrogen-bond donors (Lipinski definition) is 1. The summed E-state index contributed by atoms with van der Waals surface area (Å²) in [6, 6.07) is 15.6. The number of amidine groups is 1. The molecule has 1 aromatic heterocycles. The maximum absolute atomic E-state index is 13.2. The van der Waals surface area contributed by atoms with Gasteiger partial charge < -0.3 is 19.0 Å². The number of furan rings is 1. The summed E-state index contributed by atoms with van der Waals surface area (Å²) >= 11 is 1.22.